The van der Waals surface area contributed by atoms with Crippen molar-refractivity contribution in [2.75, 3.05) is 12.8 Å². The van der Waals surface area contributed by atoms with Crippen LogP contribution < -0.4 is 16.0 Å². The zero-order valence-corrected chi connectivity index (χ0v) is 23.6. The van der Waals surface area contributed by atoms with E-state index >= 15 is 0 Å². The van der Waals surface area contributed by atoms with Crippen molar-refractivity contribution < 1.29 is 27.6 Å². The molecule has 2 aromatic rings. The van der Waals surface area contributed by atoms with Crippen molar-refractivity contribution >= 4 is 44.6 Å². The van der Waals surface area contributed by atoms with Crippen LogP contribution in [0.25, 0.3) is 10.9 Å². The van der Waals surface area contributed by atoms with Crippen molar-refractivity contribution in [2.24, 2.45) is 5.92 Å². The molecule has 12 heteroatoms. The van der Waals surface area contributed by atoms with Crippen molar-refractivity contribution in [3.05, 3.63) is 36.0 Å². The molecule has 212 valence electrons. The van der Waals surface area contributed by atoms with Gasteiger partial charge >= 0.3 is 0 Å². The van der Waals surface area contributed by atoms with Crippen LogP contribution in [0.3, 0.4) is 0 Å². The highest BCUT2D eigenvalue weighted by atomic mass is 32.2. The number of carbonyl (C=O) groups is 4. The van der Waals surface area contributed by atoms with Crippen molar-refractivity contribution in [1.82, 2.24) is 24.8 Å². The molecule has 4 rings (SSSR count). The van der Waals surface area contributed by atoms with Crippen molar-refractivity contribution in [1.29, 1.82) is 0 Å². The molecule has 2 fully saturated rings. The monoisotopic (exact) mass is 559 g/mol. The number of para-hydroxylation sites is 1. The Morgan fingerprint density at radius 2 is 1.72 bits per heavy atom. The molecule has 39 heavy (non-hydrogen) atoms. The summed E-state index contributed by atoms with van der Waals surface area (Å²) >= 11 is 0. The number of hydrogen-bond donors (Lipinski definition) is 3. The molecule has 0 radical (unpaired) electrons. The first-order valence-corrected chi connectivity index (χ1v) is 15.3. The number of fused-ring (bicyclic) bond motifs is 2. The Bertz CT molecular complexity index is 1390. The van der Waals surface area contributed by atoms with Crippen LogP contribution >= 0.6 is 0 Å². The number of benzene rings is 1. The van der Waals surface area contributed by atoms with Gasteiger partial charge in [0.25, 0.3) is 0 Å². The topological polar surface area (TPSA) is 147 Å². The molecule has 2 saturated heterocycles. The molecule has 0 spiro atoms. The Morgan fingerprint density at radius 3 is 2.41 bits per heavy atom. The predicted molar refractivity (Wildman–Crippen MR) is 146 cm³/mol. The number of piperidine rings is 1. The standard InChI is InChI=1S/C27H37N5O6S/c1-5-16(2)23-27(36)31-13-9-8-12-22(31)26(35)28-17(3)24(33)29-20(25(34)30-23)14-18-15-32(39(4,37)38)21-11-7-6-10-19(18)21/h6-7,10-11,15-17,20,22-23H,5,8-9,12-14H2,1-4H3,(H,28,35)(H,29,33)(H,30,34)/t16?,17-,20?,22+,23-/m0/s1. The molecule has 2 aliphatic rings. The van der Waals surface area contributed by atoms with Crippen molar-refractivity contribution in [3.63, 3.8) is 0 Å². The van der Waals surface area contributed by atoms with Crippen LogP contribution in [0.2, 0.25) is 0 Å². The van der Waals surface area contributed by atoms with Gasteiger partial charge in [0.1, 0.15) is 24.2 Å². The van der Waals surface area contributed by atoms with Crippen LogP contribution in [0.1, 0.15) is 52.0 Å². The Morgan fingerprint density at radius 1 is 1.00 bits per heavy atom. The fraction of sp³-hybridized carbons (Fsp3) is 0.556. The molecular weight excluding hydrogens is 522 g/mol. The van der Waals surface area contributed by atoms with Gasteiger partial charge in [0.05, 0.1) is 11.8 Å². The lowest BCUT2D eigenvalue weighted by Gasteiger charge is -2.39. The highest BCUT2D eigenvalue weighted by Crippen LogP contribution is 2.25. The number of aromatic nitrogens is 1. The third-order valence-electron chi connectivity index (χ3n) is 7.79. The van der Waals surface area contributed by atoms with E-state index in [0.29, 0.717) is 35.9 Å². The highest BCUT2D eigenvalue weighted by molar-refractivity contribution is 7.89. The Kier molecular flexibility index (Phi) is 8.34. The minimum Gasteiger partial charge on any atom is -0.343 e. The summed E-state index contributed by atoms with van der Waals surface area (Å²) in [6, 6.07) is 3.25. The van der Waals surface area contributed by atoms with Crippen LogP contribution in [0.15, 0.2) is 30.5 Å². The average Bonchev–Trinajstić information content (AvgIpc) is 3.28. The van der Waals surface area contributed by atoms with Crippen molar-refractivity contribution in [2.45, 2.75) is 77.0 Å². The summed E-state index contributed by atoms with van der Waals surface area (Å²) in [5, 5.41) is 8.95. The van der Waals surface area contributed by atoms with Gasteiger partial charge in [-0.2, -0.15) is 0 Å². The minimum atomic E-state index is -3.63. The molecule has 3 N–H and O–H groups in total. The second-order valence-electron chi connectivity index (χ2n) is 10.6. The number of nitrogens with zero attached hydrogens (tertiary/aromatic N) is 2. The van der Waals surface area contributed by atoms with E-state index in [1.165, 1.54) is 18.0 Å². The van der Waals surface area contributed by atoms with Crippen LogP contribution in [0.5, 0.6) is 0 Å². The molecule has 0 aliphatic carbocycles. The molecule has 3 heterocycles. The summed E-state index contributed by atoms with van der Waals surface area (Å²) in [6.07, 6.45) is 5.16. The van der Waals surface area contributed by atoms with Gasteiger partial charge in [-0.15, -0.1) is 0 Å². The maximum Gasteiger partial charge on any atom is 0.246 e. The van der Waals surface area contributed by atoms with Gasteiger partial charge in [-0.3, -0.25) is 19.2 Å². The smallest absolute Gasteiger partial charge is 0.246 e. The van der Waals surface area contributed by atoms with Crippen LogP contribution in [-0.2, 0) is 35.6 Å². The summed E-state index contributed by atoms with van der Waals surface area (Å²) in [7, 11) is -3.63. The normalized spacial score (nSPS) is 26.1. The van der Waals surface area contributed by atoms with Crippen molar-refractivity contribution in [3.8, 4) is 0 Å². The number of amides is 4. The van der Waals surface area contributed by atoms with E-state index in [1.807, 2.05) is 13.8 Å². The summed E-state index contributed by atoms with van der Waals surface area (Å²) in [5.74, 6) is -2.04. The lowest BCUT2D eigenvalue weighted by Crippen LogP contribution is -2.64. The van der Waals surface area contributed by atoms with Gasteiger partial charge in [-0.05, 0) is 43.7 Å². The molecule has 0 bridgehead atoms. The molecule has 0 saturated carbocycles. The van der Waals surface area contributed by atoms with Gasteiger partial charge in [0.15, 0.2) is 0 Å². The third kappa shape index (κ3) is 5.95. The first-order chi connectivity index (χ1) is 18.4. The number of carbonyl (C=O) groups excluding carboxylic acids is 4. The Hall–Kier alpha value is -3.41. The number of rotatable bonds is 5. The maximum absolute atomic E-state index is 13.8. The summed E-state index contributed by atoms with van der Waals surface area (Å²) in [6.45, 7) is 5.71. The minimum absolute atomic E-state index is 0.0188. The van der Waals surface area contributed by atoms with E-state index in [9.17, 15) is 27.6 Å². The fourth-order valence-corrected chi connectivity index (χ4v) is 6.17. The molecule has 1 aromatic carbocycles. The second kappa shape index (κ2) is 11.4. The van der Waals surface area contributed by atoms with E-state index in [4.69, 9.17) is 0 Å². The van der Waals surface area contributed by atoms with E-state index in [2.05, 4.69) is 16.0 Å². The highest BCUT2D eigenvalue weighted by Gasteiger charge is 2.40. The zero-order chi connectivity index (χ0) is 28.5. The summed E-state index contributed by atoms with van der Waals surface area (Å²) < 4.78 is 26.0. The summed E-state index contributed by atoms with van der Waals surface area (Å²) in [4.78, 5) is 55.3. The van der Waals surface area contributed by atoms with Crippen LogP contribution in [-0.4, -0.2) is 77.9 Å². The summed E-state index contributed by atoms with van der Waals surface area (Å²) in [5.41, 5.74) is 1.00. The molecule has 4 amide bonds. The van der Waals surface area contributed by atoms with Crippen LogP contribution in [0, 0.1) is 5.92 Å². The molecule has 2 aliphatic heterocycles. The second-order valence-corrected chi connectivity index (χ2v) is 12.5. The zero-order valence-electron chi connectivity index (χ0n) is 22.8. The van der Waals surface area contributed by atoms with Gasteiger partial charge in [0, 0.05) is 24.5 Å². The average molecular weight is 560 g/mol. The molecule has 2 unspecified atom stereocenters. The molecule has 1 aromatic heterocycles. The van der Waals surface area contributed by atoms with E-state index in [-0.39, 0.29) is 18.2 Å². The van der Waals surface area contributed by atoms with E-state index in [1.54, 1.807) is 24.3 Å². The first kappa shape index (κ1) is 28.6. The lowest BCUT2D eigenvalue weighted by molar-refractivity contribution is -0.147. The quantitative estimate of drug-likeness (QED) is 0.496. The Balaban J connectivity index is 1.74. The molecular formula is C27H37N5O6S. The number of hydrogen-bond acceptors (Lipinski definition) is 6. The van der Waals surface area contributed by atoms with Gasteiger partial charge in [-0.1, -0.05) is 38.5 Å². The largest absolute Gasteiger partial charge is 0.343 e. The van der Waals surface area contributed by atoms with Gasteiger partial charge in [0.2, 0.25) is 33.7 Å². The fourth-order valence-electron chi connectivity index (χ4n) is 5.34. The van der Waals surface area contributed by atoms with E-state index < -0.39 is 51.9 Å². The lowest BCUT2D eigenvalue weighted by atomic mass is 9.93. The molecule has 5 atom stereocenters. The van der Waals surface area contributed by atoms with Gasteiger partial charge < -0.3 is 20.9 Å². The predicted octanol–water partition coefficient (Wildman–Crippen LogP) is 0.907. The van der Waals surface area contributed by atoms with E-state index in [0.717, 1.165) is 23.1 Å². The first-order valence-electron chi connectivity index (χ1n) is 13.4. The SMILES string of the molecule is CCC(C)[C@@H]1NC(=O)C(Cc2cn(S(C)(=O)=O)c3ccccc23)NC(=O)[C@H](C)NC(=O)[C@H]2CCCCN2C1=O. The third-order valence-corrected chi connectivity index (χ3v) is 8.81. The number of nitrogens with one attached hydrogen (secondary N) is 3. The Labute approximate surface area is 228 Å². The van der Waals surface area contributed by atoms with Gasteiger partial charge in [-0.25, -0.2) is 12.4 Å². The molecule has 11 nitrogen and oxygen atoms in total. The maximum atomic E-state index is 13.8. The van der Waals surface area contributed by atoms with Crippen LogP contribution in [0.4, 0.5) is 0 Å².